The van der Waals surface area contributed by atoms with Crippen LogP contribution in [0.1, 0.15) is 40.9 Å². The fraction of sp³-hybridized carbons (Fsp3) is 0.286. The molecule has 0 radical (unpaired) electrons. The molecule has 0 aromatic heterocycles. The molecule has 0 fully saturated rings. The van der Waals surface area contributed by atoms with Gasteiger partial charge in [0.2, 0.25) is 0 Å². The minimum atomic E-state index is -1.37. The van der Waals surface area contributed by atoms with Crippen LogP contribution in [0.2, 0.25) is 0 Å². The molecule has 0 saturated heterocycles. The molecule has 0 bridgehead atoms. The zero-order valence-electron chi connectivity index (χ0n) is 15.8. The van der Waals surface area contributed by atoms with Crippen LogP contribution < -0.4 is 61.2 Å². The second kappa shape index (κ2) is 10.9. The fourth-order valence-corrected chi connectivity index (χ4v) is 2.77. The topological polar surface area (TPSA) is 69.6 Å². The van der Waals surface area contributed by atoms with Gasteiger partial charge in [-0.05, 0) is 50.3 Å². The maximum Gasteiger partial charge on any atom is 1.00 e. The predicted molar refractivity (Wildman–Crippen MR) is 96.0 cm³/mol. The molecule has 5 heteroatoms. The van der Waals surface area contributed by atoms with Gasteiger partial charge in [0.1, 0.15) is 11.5 Å². The number of allylic oxidation sites excluding steroid dienone is 2. The van der Waals surface area contributed by atoms with Gasteiger partial charge in [0.25, 0.3) is 0 Å². The zero-order chi connectivity index (χ0) is 18.4. The Morgan fingerprint density at radius 2 is 1.85 bits per heavy atom. The number of phenols is 1. The minimum Gasteiger partial charge on any atom is -0.545 e. The van der Waals surface area contributed by atoms with Gasteiger partial charge in [-0.15, -0.1) is 0 Å². The average Bonchev–Trinajstić information content (AvgIpc) is 2.58. The van der Waals surface area contributed by atoms with Crippen LogP contribution in [0.25, 0.3) is 0 Å². The maximum absolute atomic E-state index is 11.6. The molecule has 0 aliphatic carbocycles. The number of hydrogen-bond acceptors (Lipinski definition) is 4. The molecule has 2 aromatic carbocycles. The first-order chi connectivity index (χ1) is 11.9. The van der Waals surface area contributed by atoms with Gasteiger partial charge in [-0.1, -0.05) is 42.0 Å². The SMILES string of the molecule is COc1cc(CCc2ccccc2)c(C(=O)[O-])c(O)c1CC=C(C)C.[K+]. The Kier molecular flexibility index (Phi) is 9.61. The molecule has 4 nitrogen and oxygen atoms in total. The summed E-state index contributed by atoms with van der Waals surface area (Å²) >= 11 is 0. The number of carboxylic acids is 1. The van der Waals surface area contributed by atoms with E-state index in [1.165, 1.54) is 7.11 Å². The first-order valence-electron chi connectivity index (χ1n) is 8.24. The third-order valence-electron chi connectivity index (χ3n) is 4.11. The second-order valence-corrected chi connectivity index (χ2v) is 6.20. The molecule has 26 heavy (non-hydrogen) atoms. The summed E-state index contributed by atoms with van der Waals surface area (Å²) in [6.45, 7) is 3.88. The molecule has 2 rings (SSSR count). The van der Waals surface area contributed by atoms with Crippen molar-refractivity contribution in [2.45, 2.75) is 33.1 Å². The molecule has 0 aliphatic rings. The molecule has 2 aromatic rings. The molecule has 0 aliphatic heterocycles. The number of carbonyl (C=O) groups excluding carboxylic acids is 1. The Labute approximate surface area is 197 Å². The zero-order valence-corrected chi connectivity index (χ0v) is 19.0. The van der Waals surface area contributed by atoms with Crippen LogP contribution in [0.15, 0.2) is 48.0 Å². The number of carbonyl (C=O) groups is 1. The molecule has 0 saturated carbocycles. The number of aryl methyl sites for hydroxylation is 2. The predicted octanol–water partition coefficient (Wildman–Crippen LogP) is 0.0622. The van der Waals surface area contributed by atoms with E-state index in [4.69, 9.17) is 4.74 Å². The summed E-state index contributed by atoms with van der Waals surface area (Å²) in [4.78, 5) is 11.6. The number of methoxy groups -OCH3 is 1. The van der Waals surface area contributed by atoms with Crippen LogP contribution in [-0.4, -0.2) is 18.2 Å². The van der Waals surface area contributed by atoms with E-state index in [-0.39, 0.29) is 62.7 Å². The van der Waals surface area contributed by atoms with Crippen LogP contribution in [0.4, 0.5) is 0 Å². The van der Waals surface area contributed by atoms with Crippen LogP contribution in [0, 0.1) is 0 Å². The van der Waals surface area contributed by atoms with Crippen molar-refractivity contribution in [3.05, 3.63) is 70.3 Å². The molecule has 0 unspecified atom stereocenters. The van der Waals surface area contributed by atoms with E-state index in [0.29, 0.717) is 36.1 Å². The van der Waals surface area contributed by atoms with Crippen molar-refractivity contribution in [2.75, 3.05) is 7.11 Å². The van der Waals surface area contributed by atoms with Crippen molar-refractivity contribution >= 4 is 5.97 Å². The summed E-state index contributed by atoms with van der Waals surface area (Å²) in [5.41, 5.74) is 3.00. The smallest absolute Gasteiger partial charge is 0.545 e. The summed E-state index contributed by atoms with van der Waals surface area (Å²) in [7, 11) is 1.51. The van der Waals surface area contributed by atoms with Gasteiger partial charge in [-0.25, -0.2) is 0 Å². The largest absolute Gasteiger partial charge is 1.00 e. The summed E-state index contributed by atoms with van der Waals surface area (Å²) in [6, 6.07) is 11.5. The first-order valence-corrected chi connectivity index (χ1v) is 8.24. The van der Waals surface area contributed by atoms with E-state index in [2.05, 4.69) is 0 Å². The molecule has 0 amide bonds. The Bertz CT molecular complexity index is 778. The summed E-state index contributed by atoms with van der Waals surface area (Å²) in [5.74, 6) is -1.15. The Hall–Kier alpha value is -1.11. The molecule has 0 spiro atoms. The van der Waals surface area contributed by atoms with Crippen molar-refractivity contribution in [3.63, 3.8) is 0 Å². The normalized spacial score (nSPS) is 9.96. The van der Waals surface area contributed by atoms with Crippen LogP contribution in [-0.2, 0) is 19.3 Å². The number of carboxylic acid groups (broad SMARTS) is 1. The number of aromatic carboxylic acids is 1. The summed E-state index contributed by atoms with van der Waals surface area (Å²) in [5, 5.41) is 22.1. The van der Waals surface area contributed by atoms with E-state index in [0.717, 1.165) is 11.1 Å². The van der Waals surface area contributed by atoms with E-state index in [9.17, 15) is 15.0 Å². The third kappa shape index (κ3) is 5.96. The van der Waals surface area contributed by atoms with Crippen molar-refractivity contribution in [1.82, 2.24) is 0 Å². The van der Waals surface area contributed by atoms with E-state index in [1.807, 2.05) is 50.3 Å². The Morgan fingerprint density at radius 3 is 2.38 bits per heavy atom. The summed E-state index contributed by atoms with van der Waals surface area (Å²) < 4.78 is 5.38. The number of ether oxygens (including phenoxy) is 1. The third-order valence-corrected chi connectivity index (χ3v) is 4.11. The van der Waals surface area contributed by atoms with Gasteiger partial charge >= 0.3 is 51.4 Å². The number of hydrogen-bond donors (Lipinski definition) is 1. The molecule has 0 heterocycles. The van der Waals surface area contributed by atoms with Gasteiger partial charge in [0, 0.05) is 11.1 Å². The van der Waals surface area contributed by atoms with E-state index >= 15 is 0 Å². The van der Waals surface area contributed by atoms with Crippen LogP contribution >= 0.6 is 0 Å². The quantitative estimate of drug-likeness (QED) is 0.547. The van der Waals surface area contributed by atoms with Gasteiger partial charge < -0.3 is 19.7 Å². The maximum atomic E-state index is 11.6. The number of benzene rings is 2. The van der Waals surface area contributed by atoms with Gasteiger partial charge in [-0.2, -0.15) is 0 Å². The number of rotatable bonds is 7. The van der Waals surface area contributed by atoms with E-state index in [1.54, 1.807) is 6.07 Å². The molecular weight excluding hydrogens is 355 g/mol. The summed E-state index contributed by atoms with van der Waals surface area (Å²) in [6.07, 6.45) is 3.45. The Morgan fingerprint density at radius 1 is 1.19 bits per heavy atom. The van der Waals surface area contributed by atoms with Gasteiger partial charge in [0.15, 0.2) is 0 Å². The molecule has 1 N–H and O–H groups in total. The fourth-order valence-electron chi connectivity index (χ4n) is 2.77. The van der Waals surface area contributed by atoms with Crippen LogP contribution in [0.5, 0.6) is 11.5 Å². The van der Waals surface area contributed by atoms with Gasteiger partial charge in [0.05, 0.1) is 13.1 Å². The Balaban J connectivity index is 0.00000338. The number of aromatic hydroxyl groups is 1. The van der Waals surface area contributed by atoms with Gasteiger partial charge in [-0.3, -0.25) is 0 Å². The van der Waals surface area contributed by atoms with Crippen LogP contribution in [0.3, 0.4) is 0 Å². The molecule has 0 atom stereocenters. The monoisotopic (exact) mass is 378 g/mol. The minimum absolute atomic E-state index is 0. The van der Waals surface area contributed by atoms with Crippen molar-refractivity contribution < 1.29 is 71.1 Å². The van der Waals surface area contributed by atoms with Crippen molar-refractivity contribution in [1.29, 1.82) is 0 Å². The molecular formula is C21H23KO4. The molecule has 132 valence electrons. The standard InChI is InChI=1S/C21H24O4.K/c1-14(2)9-12-17-18(25-3)13-16(19(20(17)22)21(23)24)11-10-15-7-5-4-6-8-15;/h4-9,13,22H,10-12H2,1-3H3,(H,23,24);/q;+1/p-1. The average molecular weight is 379 g/mol. The first kappa shape index (κ1) is 22.9. The van der Waals surface area contributed by atoms with Crippen molar-refractivity contribution in [3.8, 4) is 11.5 Å². The van der Waals surface area contributed by atoms with E-state index < -0.39 is 5.97 Å². The van der Waals surface area contributed by atoms with Crippen molar-refractivity contribution in [2.24, 2.45) is 0 Å². The second-order valence-electron chi connectivity index (χ2n) is 6.20.